The largest absolute Gasteiger partial charge is 0.299 e. The van der Waals surface area contributed by atoms with Gasteiger partial charge in [-0.3, -0.25) is 4.79 Å². The van der Waals surface area contributed by atoms with Crippen molar-refractivity contribution in [3.63, 3.8) is 0 Å². The van der Waals surface area contributed by atoms with Crippen molar-refractivity contribution in [2.45, 2.75) is 78.6 Å². The zero-order valence-electron chi connectivity index (χ0n) is 14.2. The first kappa shape index (κ1) is 14.3. The molecule has 0 aromatic rings. The van der Waals surface area contributed by atoms with Gasteiger partial charge in [0.05, 0.1) is 0 Å². The fourth-order valence-electron chi connectivity index (χ4n) is 7.24. The molecule has 0 aromatic heterocycles. The predicted octanol–water partition coefficient (Wildman–Crippen LogP) is 5.23. The van der Waals surface area contributed by atoms with Crippen LogP contribution < -0.4 is 0 Å². The Balaban J connectivity index is 1.64. The smallest absolute Gasteiger partial charge is 0.139 e. The molecule has 0 N–H and O–H groups in total. The summed E-state index contributed by atoms with van der Waals surface area (Å²) in [5.74, 6) is 5.03. The van der Waals surface area contributed by atoms with Crippen molar-refractivity contribution in [2.75, 3.05) is 0 Å². The second kappa shape index (κ2) is 4.59. The first-order valence-corrected chi connectivity index (χ1v) is 9.48. The van der Waals surface area contributed by atoms with Crippen LogP contribution in [-0.2, 0) is 4.79 Å². The highest BCUT2D eigenvalue weighted by Crippen LogP contribution is 2.65. The molecule has 0 saturated heterocycles. The third-order valence-corrected chi connectivity index (χ3v) is 8.64. The number of hydrogen-bond donors (Lipinski definition) is 0. The van der Waals surface area contributed by atoms with E-state index >= 15 is 0 Å². The molecule has 0 radical (unpaired) electrons. The van der Waals surface area contributed by atoms with E-state index in [1.165, 1.54) is 51.4 Å². The third-order valence-electron chi connectivity index (χ3n) is 8.64. The van der Waals surface area contributed by atoms with E-state index in [9.17, 15) is 4.79 Å². The summed E-state index contributed by atoms with van der Waals surface area (Å²) in [5.41, 5.74) is 0.661. The molecule has 118 valence electrons. The minimum Gasteiger partial charge on any atom is -0.299 e. The Morgan fingerprint density at radius 2 is 1.76 bits per heavy atom. The second-order valence-corrected chi connectivity index (χ2v) is 9.45. The van der Waals surface area contributed by atoms with E-state index < -0.39 is 0 Å². The minimum absolute atomic E-state index is 0.0618. The number of fused-ring (bicyclic) bond motifs is 5. The number of carbonyl (C=O) groups is 1. The molecule has 7 atom stereocenters. The normalized spacial score (nSPS) is 56.5. The van der Waals surface area contributed by atoms with Crippen LogP contribution in [0.5, 0.6) is 0 Å². The molecule has 0 amide bonds. The van der Waals surface area contributed by atoms with Crippen LogP contribution in [0.25, 0.3) is 0 Å². The third kappa shape index (κ3) is 1.85. The monoisotopic (exact) mass is 288 g/mol. The van der Waals surface area contributed by atoms with Gasteiger partial charge in [0.15, 0.2) is 0 Å². The quantitative estimate of drug-likeness (QED) is 0.596. The lowest BCUT2D eigenvalue weighted by Crippen LogP contribution is -2.53. The van der Waals surface area contributed by atoms with Gasteiger partial charge in [0, 0.05) is 11.8 Å². The number of ketones is 1. The van der Waals surface area contributed by atoms with E-state index in [0.29, 0.717) is 11.2 Å². The first-order valence-electron chi connectivity index (χ1n) is 9.48. The summed E-state index contributed by atoms with van der Waals surface area (Å²) in [7, 11) is 0. The SMILES string of the molecule is C[C@H]1CC[C@@]2(C)[C@@H](CC[C@@H]3[C@@H]2CC[C@]2(C)C(=O)CC[C@@H]32)C1. The van der Waals surface area contributed by atoms with Gasteiger partial charge in [-0.15, -0.1) is 0 Å². The molecule has 4 fully saturated rings. The van der Waals surface area contributed by atoms with E-state index in [0.717, 1.165) is 36.0 Å². The van der Waals surface area contributed by atoms with Crippen molar-refractivity contribution >= 4 is 5.78 Å². The van der Waals surface area contributed by atoms with Crippen molar-refractivity contribution in [3.8, 4) is 0 Å². The highest BCUT2D eigenvalue weighted by molar-refractivity contribution is 5.87. The number of hydrogen-bond acceptors (Lipinski definition) is 1. The Morgan fingerprint density at radius 3 is 2.57 bits per heavy atom. The van der Waals surface area contributed by atoms with Crippen molar-refractivity contribution in [1.29, 1.82) is 0 Å². The summed E-state index contributed by atoms with van der Waals surface area (Å²) >= 11 is 0. The average molecular weight is 288 g/mol. The van der Waals surface area contributed by atoms with Gasteiger partial charge in [-0.25, -0.2) is 0 Å². The van der Waals surface area contributed by atoms with Crippen molar-refractivity contribution in [3.05, 3.63) is 0 Å². The Hall–Kier alpha value is -0.330. The molecule has 0 aliphatic heterocycles. The first-order chi connectivity index (χ1) is 9.95. The predicted molar refractivity (Wildman–Crippen MR) is 85.9 cm³/mol. The fourth-order valence-corrected chi connectivity index (χ4v) is 7.24. The molecule has 4 aliphatic rings. The van der Waals surface area contributed by atoms with Gasteiger partial charge < -0.3 is 0 Å². The Labute approximate surface area is 130 Å². The van der Waals surface area contributed by atoms with Crippen molar-refractivity contribution in [1.82, 2.24) is 0 Å². The zero-order valence-corrected chi connectivity index (χ0v) is 14.2. The van der Waals surface area contributed by atoms with Gasteiger partial charge in [0.1, 0.15) is 5.78 Å². The lowest BCUT2D eigenvalue weighted by Gasteiger charge is -2.60. The summed E-state index contributed by atoms with van der Waals surface area (Å²) in [6, 6.07) is 0. The van der Waals surface area contributed by atoms with Gasteiger partial charge in [-0.2, -0.15) is 0 Å². The maximum Gasteiger partial charge on any atom is 0.139 e. The molecule has 21 heavy (non-hydrogen) atoms. The maximum atomic E-state index is 12.4. The molecule has 0 unspecified atom stereocenters. The van der Waals surface area contributed by atoms with E-state index in [1.54, 1.807) is 0 Å². The average Bonchev–Trinajstić information content (AvgIpc) is 2.76. The fraction of sp³-hybridized carbons (Fsp3) is 0.950. The van der Waals surface area contributed by atoms with Crippen LogP contribution in [0, 0.1) is 40.4 Å². The minimum atomic E-state index is 0.0618. The summed E-state index contributed by atoms with van der Waals surface area (Å²) < 4.78 is 0. The second-order valence-electron chi connectivity index (χ2n) is 9.45. The molecule has 0 spiro atoms. The van der Waals surface area contributed by atoms with Crippen LogP contribution in [0.4, 0.5) is 0 Å². The van der Waals surface area contributed by atoms with Gasteiger partial charge in [0.2, 0.25) is 0 Å². The number of rotatable bonds is 0. The molecule has 0 bridgehead atoms. The molecule has 4 rings (SSSR count). The highest BCUT2D eigenvalue weighted by Gasteiger charge is 2.59. The van der Waals surface area contributed by atoms with Crippen LogP contribution in [0.15, 0.2) is 0 Å². The van der Waals surface area contributed by atoms with E-state index in [1.807, 2.05) is 0 Å². The zero-order chi connectivity index (χ0) is 14.8. The number of Topliss-reactive ketones (excluding diaryl/α,β-unsaturated/α-hetero) is 1. The molecule has 0 aromatic carbocycles. The van der Waals surface area contributed by atoms with Crippen LogP contribution >= 0.6 is 0 Å². The molecule has 0 heterocycles. The summed E-state index contributed by atoms with van der Waals surface area (Å²) in [4.78, 5) is 12.4. The van der Waals surface area contributed by atoms with Crippen molar-refractivity contribution < 1.29 is 4.79 Å². The summed E-state index contributed by atoms with van der Waals surface area (Å²) in [5, 5.41) is 0. The van der Waals surface area contributed by atoms with Crippen molar-refractivity contribution in [2.24, 2.45) is 40.4 Å². The lowest BCUT2D eigenvalue weighted by atomic mass is 9.45. The molecule has 1 heteroatoms. The standard InChI is InChI=1S/C20H32O/c1-13-8-10-19(2)14(12-13)4-5-15-16-6-7-18(21)20(16,3)11-9-17(15)19/h13-17H,4-12H2,1-3H3/t13-,14-,15-,16-,17-,19-,20-/m0/s1. The molecular weight excluding hydrogens is 256 g/mol. The van der Waals surface area contributed by atoms with Crippen LogP contribution in [0.3, 0.4) is 0 Å². The molecule has 4 saturated carbocycles. The van der Waals surface area contributed by atoms with Crippen LogP contribution in [-0.4, -0.2) is 5.78 Å². The van der Waals surface area contributed by atoms with Gasteiger partial charge >= 0.3 is 0 Å². The highest BCUT2D eigenvalue weighted by atomic mass is 16.1. The summed E-state index contributed by atoms with van der Waals surface area (Å²) in [6.45, 7) is 7.39. The van der Waals surface area contributed by atoms with E-state index in [2.05, 4.69) is 20.8 Å². The van der Waals surface area contributed by atoms with Gasteiger partial charge in [0.25, 0.3) is 0 Å². The molecule has 4 aliphatic carbocycles. The Kier molecular flexibility index (Phi) is 3.12. The Morgan fingerprint density at radius 1 is 0.952 bits per heavy atom. The maximum absolute atomic E-state index is 12.4. The van der Waals surface area contributed by atoms with Gasteiger partial charge in [-0.1, -0.05) is 27.2 Å². The van der Waals surface area contributed by atoms with E-state index in [-0.39, 0.29) is 5.41 Å². The molecule has 1 nitrogen and oxygen atoms in total. The Bertz CT molecular complexity index is 455. The topological polar surface area (TPSA) is 17.1 Å². The van der Waals surface area contributed by atoms with Crippen LogP contribution in [0.2, 0.25) is 0 Å². The van der Waals surface area contributed by atoms with Gasteiger partial charge in [-0.05, 0) is 80.0 Å². The van der Waals surface area contributed by atoms with Crippen LogP contribution in [0.1, 0.15) is 78.6 Å². The lowest BCUT2D eigenvalue weighted by molar-refractivity contribution is -0.139. The molecular formula is C20H32O. The number of carbonyl (C=O) groups excluding carboxylic acids is 1. The van der Waals surface area contributed by atoms with E-state index in [4.69, 9.17) is 0 Å². The summed E-state index contributed by atoms with van der Waals surface area (Å²) in [6.07, 6.45) is 11.8.